The smallest absolute Gasteiger partial charge is 0.129 e. The average molecular weight is 346 g/mol. The van der Waals surface area contributed by atoms with Crippen molar-refractivity contribution in [1.29, 1.82) is 0 Å². The molecule has 3 rings (SSSR count). The number of fused-ring (bicyclic) bond motifs is 1. The number of hydrogen-bond donors (Lipinski definition) is 3. The molecule has 0 aliphatic heterocycles. The van der Waals surface area contributed by atoms with Crippen molar-refractivity contribution in [2.75, 3.05) is 13.2 Å². The molecule has 138 valence electrons. The Morgan fingerprint density at radius 1 is 1.28 bits per heavy atom. The topological polar surface area (TPSA) is 88.1 Å². The molecule has 0 spiro atoms. The molecule has 1 aromatic rings. The van der Waals surface area contributed by atoms with Crippen LogP contribution in [-0.2, 0) is 11.4 Å². The highest BCUT2D eigenvalue weighted by Gasteiger charge is 2.58. The Bertz CT molecular complexity index is 603. The molecule has 0 amide bonds. The molecule has 4 atom stereocenters. The monoisotopic (exact) mass is 346 g/mol. The zero-order valence-electron chi connectivity index (χ0n) is 15.0. The van der Waals surface area contributed by atoms with E-state index < -0.39 is 5.60 Å². The molecule has 25 heavy (non-hydrogen) atoms. The van der Waals surface area contributed by atoms with E-state index in [0.29, 0.717) is 19.1 Å². The lowest BCUT2D eigenvalue weighted by Crippen LogP contribution is -2.49. The molecule has 0 heterocycles. The van der Waals surface area contributed by atoms with Gasteiger partial charge in [0.15, 0.2) is 0 Å². The minimum atomic E-state index is -0.657. The van der Waals surface area contributed by atoms with Crippen molar-refractivity contribution in [3.05, 3.63) is 35.4 Å². The minimum Gasteiger partial charge on any atom is -0.395 e. The lowest BCUT2D eigenvalue weighted by atomic mass is 9.59. The molecule has 2 saturated carbocycles. The van der Waals surface area contributed by atoms with Crippen molar-refractivity contribution < 1.29 is 15.1 Å². The second kappa shape index (κ2) is 7.44. The Labute approximate surface area is 149 Å². The number of rotatable bonds is 6. The quantitative estimate of drug-likeness (QED) is 0.420. The molecule has 2 fully saturated rings. The number of oxime groups is 1. The van der Waals surface area contributed by atoms with E-state index in [2.05, 4.69) is 24.2 Å². The molecular weight excluding hydrogens is 316 g/mol. The van der Waals surface area contributed by atoms with Crippen LogP contribution in [0.4, 0.5) is 0 Å². The van der Waals surface area contributed by atoms with E-state index in [4.69, 9.17) is 10.6 Å². The third-order valence-corrected chi connectivity index (χ3v) is 6.50. The first-order valence-corrected chi connectivity index (χ1v) is 9.30. The Balaban J connectivity index is 1.71. The Morgan fingerprint density at radius 2 is 2.04 bits per heavy atom. The normalized spacial score (nSPS) is 35.0. The van der Waals surface area contributed by atoms with Gasteiger partial charge < -0.3 is 20.8 Å². The van der Waals surface area contributed by atoms with Crippen molar-refractivity contribution in [1.82, 2.24) is 0 Å². The zero-order chi connectivity index (χ0) is 17.9. The molecular formula is C20H30N2O3. The van der Waals surface area contributed by atoms with Crippen LogP contribution >= 0.6 is 0 Å². The average Bonchev–Trinajstić information content (AvgIpc) is 2.89. The van der Waals surface area contributed by atoms with Gasteiger partial charge in [-0.25, -0.2) is 0 Å². The number of hydrogen-bond acceptors (Lipinski definition) is 5. The van der Waals surface area contributed by atoms with Crippen LogP contribution in [0.15, 0.2) is 29.4 Å². The van der Waals surface area contributed by atoms with Gasteiger partial charge in [0, 0.05) is 24.1 Å². The summed E-state index contributed by atoms with van der Waals surface area (Å²) in [6.45, 7) is 3.15. The summed E-state index contributed by atoms with van der Waals surface area (Å²) in [5.74, 6) is 0.614. The van der Waals surface area contributed by atoms with Crippen molar-refractivity contribution in [3.8, 4) is 0 Å². The molecule has 1 aromatic carbocycles. The van der Waals surface area contributed by atoms with E-state index in [1.165, 1.54) is 5.56 Å². The fraction of sp³-hybridized carbons (Fsp3) is 0.650. The molecule has 5 heteroatoms. The second-order valence-electron chi connectivity index (χ2n) is 7.81. The van der Waals surface area contributed by atoms with Crippen LogP contribution in [0.25, 0.3) is 0 Å². The van der Waals surface area contributed by atoms with Crippen molar-refractivity contribution in [3.63, 3.8) is 0 Å². The molecule has 5 nitrogen and oxygen atoms in total. The van der Waals surface area contributed by atoms with Gasteiger partial charge in [-0.05, 0) is 49.1 Å². The highest BCUT2D eigenvalue weighted by molar-refractivity contribution is 5.62. The molecule has 0 unspecified atom stereocenters. The Hall–Kier alpha value is -1.43. The van der Waals surface area contributed by atoms with Gasteiger partial charge in [0.2, 0.25) is 0 Å². The lowest BCUT2D eigenvalue weighted by Gasteiger charge is -2.48. The van der Waals surface area contributed by atoms with Gasteiger partial charge in [0.1, 0.15) is 6.61 Å². The van der Waals surface area contributed by atoms with E-state index in [1.807, 2.05) is 18.3 Å². The van der Waals surface area contributed by atoms with E-state index in [0.717, 1.165) is 37.7 Å². The van der Waals surface area contributed by atoms with Crippen molar-refractivity contribution >= 4 is 6.21 Å². The molecule has 0 radical (unpaired) electrons. The van der Waals surface area contributed by atoms with Crippen LogP contribution in [-0.4, -0.2) is 35.2 Å². The minimum absolute atomic E-state index is 0.0696. The molecule has 0 bridgehead atoms. The predicted molar refractivity (Wildman–Crippen MR) is 98.2 cm³/mol. The maximum Gasteiger partial charge on any atom is 0.129 e. The second-order valence-corrected chi connectivity index (χ2v) is 7.81. The van der Waals surface area contributed by atoms with Gasteiger partial charge in [-0.15, -0.1) is 0 Å². The summed E-state index contributed by atoms with van der Waals surface area (Å²) in [7, 11) is 0. The maximum atomic E-state index is 11.4. The van der Waals surface area contributed by atoms with Gasteiger partial charge in [0.25, 0.3) is 0 Å². The van der Waals surface area contributed by atoms with E-state index in [-0.39, 0.29) is 17.9 Å². The van der Waals surface area contributed by atoms with E-state index in [1.54, 1.807) is 0 Å². The highest BCUT2D eigenvalue weighted by atomic mass is 16.6. The fourth-order valence-electron chi connectivity index (χ4n) is 4.72. The van der Waals surface area contributed by atoms with Crippen LogP contribution in [0.2, 0.25) is 0 Å². The van der Waals surface area contributed by atoms with E-state index in [9.17, 15) is 10.2 Å². The van der Waals surface area contributed by atoms with Gasteiger partial charge in [-0.2, -0.15) is 0 Å². The van der Waals surface area contributed by atoms with Crippen LogP contribution < -0.4 is 5.73 Å². The summed E-state index contributed by atoms with van der Waals surface area (Å²) >= 11 is 0. The van der Waals surface area contributed by atoms with E-state index >= 15 is 0 Å². The van der Waals surface area contributed by atoms with Crippen molar-refractivity contribution in [2.45, 2.75) is 57.2 Å². The summed E-state index contributed by atoms with van der Waals surface area (Å²) in [4.78, 5) is 5.16. The first kappa shape index (κ1) is 18.4. The summed E-state index contributed by atoms with van der Waals surface area (Å²) < 4.78 is 0. The third-order valence-electron chi connectivity index (χ3n) is 6.50. The van der Waals surface area contributed by atoms with Crippen LogP contribution in [0.1, 0.15) is 56.1 Å². The number of aliphatic hydroxyl groups excluding tert-OH is 1. The molecule has 2 aliphatic carbocycles. The number of benzene rings is 1. The largest absolute Gasteiger partial charge is 0.395 e. The molecule has 0 saturated heterocycles. The van der Waals surface area contributed by atoms with Crippen molar-refractivity contribution in [2.24, 2.45) is 22.2 Å². The standard InChI is InChI=1S/C20H30N2O3/c1-19-8-6-17(16-4-2-15(14-23)3-5-16)12-20(19,24)9-7-18(19)13-22-25-11-10-21/h2-5,13,17-18,23-24H,6-12,14,21H2,1H3/b22-13+/t17-,18+,19+,20-/m0/s1. The molecule has 2 aliphatic rings. The number of aliphatic hydroxyl groups is 2. The number of nitrogens with zero attached hydrogens (tertiary/aromatic N) is 1. The first-order valence-electron chi connectivity index (χ1n) is 9.30. The lowest BCUT2D eigenvalue weighted by molar-refractivity contribution is -0.0959. The summed E-state index contributed by atoms with van der Waals surface area (Å²) in [6, 6.07) is 8.14. The zero-order valence-corrected chi connectivity index (χ0v) is 15.0. The van der Waals surface area contributed by atoms with Gasteiger partial charge >= 0.3 is 0 Å². The SMILES string of the molecule is C[C@]12CC[C@H](c3ccc(CO)cc3)C[C@@]1(O)CC[C@@H]2/C=N/OCCN. The summed E-state index contributed by atoms with van der Waals surface area (Å²) in [5, 5.41) is 24.7. The van der Waals surface area contributed by atoms with Gasteiger partial charge in [-0.3, -0.25) is 0 Å². The Kier molecular flexibility index (Phi) is 5.46. The molecule has 0 aromatic heterocycles. The third kappa shape index (κ3) is 3.46. The Morgan fingerprint density at radius 3 is 2.72 bits per heavy atom. The molecule has 4 N–H and O–H groups in total. The maximum absolute atomic E-state index is 11.4. The predicted octanol–water partition coefficient (Wildman–Crippen LogP) is 2.55. The summed E-state index contributed by atoms with van der Waals surface area (Å²) in [6.07, 6.45) is 6.45. The van der Waals surface area contributed by atoms with Crippen LogP contribution in [0.3, 0.4) is 0 Å². The highest BCUT2D eigenvalue weighted by Crippen LogP contribution is 2.60. The first-order chi connectivity index (χ1) is 12.0. The summed E-state index contributed by atoms with van der Waals surface area (Å²) in [5.41, 5.74) is 6.80. The van der Waals surface area contributed by atoms with Gasteiger partial charge in [-0.1, -0.05) is 36.3 Å². The fourth-order valence-corrected chi connectivity index (χ4v) is 4.72. The van der Waals surface area contributed by atoms with Crippen LogP contribution in [0, 0.1) is 11.3 Å². The van der Waals surface area contributed by atoms with Crippen LogP contribution in [0.5, 0.6) is 0 Å². The van der Waals surface area contributed by atoms with Gasteiger partial charge in [0.05, 0.1) is 12.2 Å². The number of nitrogens with two attached hydrogens (primary N) is 1.